The van der Waals surface area contributed by atoms with E-state index in [0.717, 1.165) is 19.1 Å². The molecule has 1 aliphatic carbocycles. The molecule has 0 aromatic heterocycles. The van der Waals surface area contributed by atoms with Crippen molar-refractivity contribution in [3.05, 3.63) is 0 Å². The van der Waals surface area contributed by atoms with Crippen LogP contribution in [0.2, 0.25) is 0 Å². The molecule has 1 aliphatic heterocycles. The molecule has 0 atom stereocenters. The first-order valence-corrected chi connectivity index (χ1v) is 7.04. The first kappa shape index (κ1) is 15.4. The Bertz CT molecular complexity index is 183. The minimum atomic E-state index is 0.340. The van der Waals surface area contributed by atoms with E-state index in [-0.39, 0.29) is 0 Å². The number of hydrogen-bond donors (Lipinski definition) is 0. The largest absolute Gasteiger partial charge is 0.298 e. The predicted molar refractivity (Wildman–Crippen MR) is 70.2 cm³/mol. The zero-order valence-electron chi connectivity index (χ0n) is 11.5. The van der Waals surface area contributed by atoms with E-state index in [1.807, 2.05) is 27.7 Å². The molecule has 0 amide bonds. The van der Waals surface area contributed by atoms with E-state index < -0.39 is 0 Å². The lowest BCUT2D eigenvalue weighted by Crippen LogP contribution is -2.52. The molecule has 1 heterocycles. The van der Waals surface area contributed by atoms with Crippen LogP contribution in [0.5, 0.6) is 0 Å². The van der Waals surface area contributed by atoms with E-state index in [4.69, 9.17) is 5.26 Å². The average Bonchev–Trinajstić information content (AvgIpc) is 2.34. The second-order valence-electron chi connectivity index (χ2n) is 4.07. The Morgan fingerprint density at radius 3 is 1.88 bits per heavy atom. The van der Waals surface area contributed by atoms with Gasteiger partial charge in [-0.05, 0) is 12.8 Å². The molecule has 2 fully saturated rings. The van der Waals surface area contributed by atoms with E-state index in [0.29, 0.717) is 5.92 Å². The topological polar surface area (TPSA) is 27.0 Å². The van der Waals surface area contributed by atoms with Gasteiger partial charge < -0.3 is 0 Å². The van der Waals surface area contributed by atoms with Crippen molar-refractivity contribution in [2.24, 2.45) is 5.92 Å². The van der Waals surface area contributed by atoms with Crippen LogP contribution in [-0.2, 0) is 0 Å². The fourth-order valence-corrected chi connectivity index (χ4v) is 2.34. The lowest BCUT2D eigenvalue weighted by atomic mass is 9.89. The Labute approximate surface area is 102 Å². The van der Waals surface area contributed by atoms with E-state index in [1.165, 1.54) is 32.1 Å². The highest BCUT2D eigenvalue weighted by Crippen LogP contribution is 2.27. The SMILES string of the molecule is CC.CC.N#CC1CN(C2CCCCC2)C1. The molecule has 16 heavy (non-hydrogen) atoms. The summed E-state index contributed by atoms with van der Waals surface area (Å²) in [6.45, 7) is 10.1. The zero-order chi connectivity index (χ0) is 12.4. The van der Waals surface area contributed by atoms with Crippen molar-refractivity contribution in [3.8, 4) is 6.07 Å². The van der Waals surface area contributed by atoms with Gasteiger partial charge in [-0.15, -0.1) is 0 Å². The van der Waals surface area contributed by atoms with Gasteiger partial charge in [0.2, 0.25) is 0 Å². The lowest BCUT2D eigenvalue weighted by molar-refractivity contribution is 0.0594. The summed E-state index contributed by atoms with van der Waals surface area (Å²) in [4.78, 5) is 2.49. The molecule has 0 radical (unpaired) electrons. The van der Waals surface area contributed by atoms with Gasteiger partial charge in [0.1, 0.15) is 0 Å². The average molecular weight is 224 g/mol. The van der Waals surface area contributed by atoms with Crippen molar-refractivity contribution in [1.29, 1.82) is 5.26 Å². The van der Waals surface area contributed by atoms with Crippen LogP contribution in [0.1, 0.15) is 59.8 Å². The van der Waals surface area contributed by atoms with Gasteiger partial charge in [-0.1, -0.05) is 47.0 Å². The number of hydrogen-bond acceptors (Lipinski definition) is 2. The molecular weight excluding hydrogens is 196 g/mol. The molecule has 94 valence electrons. The fourth-order valence-electron chi connectivity index (χ4n) is 2.34. The van der Waals surface area contributed by atoms with Crippen LogP contribution < -0.4 is 0 Å². The molecule has 2 aliphatic rings. The van der Waals surface area contributed by atoms with Crippen molar-refractivity contribution < 1.29 is 0 Å². The quantitative estimate of drug-likeness (QED) is 0.677. The Hall–Kier alpha value is -0.550. The molecule has 1 saturated heterocycles. The number of likely N-dealkylation sites (tertiary alicyclic amines) is 1. The Morgan fingerprint density at radius 1 is 0.938 bits per heavy atom. The van der Waals surface area contributed by atoms with Gasteiger partial charge in [-0.2, -0.15) is 5.26 Å². The van der Waals surface area contributed by atoms with Gasteiger partial charge in [0.05, 0.1) is 12.0 Å². The van der Waals surface area contributed by atoms with Gasteiger partial charge in [0, 0.05) is 19.1 Å². The smallest absolute Gasteiger partial charge is 0.0717 e. The molecule has 2 rings (SSSR count). The molecular formula is C14H28N2. The summed E-state index contributed by atoms with van der Waals surface area (Å²) in [5.41, 5.74) is 0. The van der Waals surface area contributed by atoms with E-state index in [2.05, 4.69) is 11.0 Å². The highest BCUT2D eigenvalue weighted by Gasteiger charge is 2.32. The van der Waals surface area contributed by atoms with Gasteiger partial charge in [-0.3, -0.25) is 4.90 Å². The third-order valence-corrected chi connectivity index (χ3v) is 3.18. The predicted octanol–water partition coefficient (Wildman–Crippen LogP) is 3.83. The lowest BCUT2D eigenvalue weighted by Gasteiger charge is -2.43. The summed E-state index contributed by atoms with van der Waals surface area (Å²) < 4.78 is 0. The molecule has 0 bridgehead atoms. The van der Waals surface area contributed by atoms with E-state index in [1.54, 1.807) is 0 Å². The molecule has 2 nitrogen and oxygen atoms in total. The minimum absolute atomic E-state index is 0.340. The first-order chi connectivity index (χ1) is 7.90. The molecule has 1 saturated carbocycles. The molecule has 0 N–H and O–H groups in total. The van der Waals surface area contributed by atoms with Crippen LogP contribution in [0.15, 0.2) is 0 Å². The number of nitrogens with zero attached hydrogens (tertiary/aromatic N) is 2. The van der Waals surface area contributed by atoms with E-state index in [9.17, 15) is 0 Å². The van der Waals surface area contributed by atoms with E-state index >= 15 is 0 Å². The van der Waals surface area contributed by atoms with Crippen molar-refractivity contribution >= 4 is 0 Å². The molecule has 2 heteroatoms. The Kier molecular flexibility index (Phi) is 9.33. The molecule has 0 aromatic carbocycles. The normalized spacial score (nSPS) is 21.7. The van der Waals surface area contributed by atoms with Crippen molar-refractivity contribution in [3.63, 3.8) is 0 Å². The summed E-state index contributed by atoms with van der Waals surface area (Å²) in [5.74, 6) is 0.340. The monoisotopic (exact) mass is 224 g/mol. The zero-order valence-corrected chi connectivity index (χ0v) is 11.5. The summed E-state index contributed by atoms with van der Waals surface area (Å²) in [5, 5.41) is 8.63. The fraction of sp³-hybridized carbons (Fsp3) is 0.929. The summed E-state index contributed by atoms with van der Waals surface area (Å²) >= 11 is 0. The number of nitriles is 1. The van der Waals surface area contributed by atoms with Crippen molar-refractivity contribution in [1.82, 2.24) is 4.90 Å². The van der Waals surface area contributed by atoms with Crippen molar-refractivity contribution in [2.45, 2.75) is 65.8 Å². The standard InChI is InChI=1S/C10H16N2.2C2H6/c11-6-9-7-12(8-9)10-4-2-1-3-5-10;2*1-2/h9-10H,1-5,7-8H2;2*1-2H3. The van der Waals surface area contributed by atoms with Crippen LogP contribution in [0.4, 0.5) is 0 Å². The number of rotatable bonds is 1. The highest BCUT2D eigenvalue weighted by molar-refractivity contribution is 4.97. The second-order valence-corrected chi connectivity index (χ2v) is 4.07. The maximum atomic E-state index is 8.63. The van der Waals surface area contributed by atoms with Crippen LogP contribution in [0, 0.1) is 17.2 Å². The summed E-state index contributed by atoms with van der Waals surface area (Å²) in [7, 11) is 0. The molecule has 0 unspecified atom stereocenters. The van der Waals surface area contributed by atoms with Crippen molar-refractivity contribution in [2.75, 3.05) is 13.1 Å². The molecule has 0 spiro atoms. The van der Waals surface area contributed by atoms with Gasteiger partial charge in [-0.25, -0.2) is 0 Å². The summed E-state index contributed by atoms with van der Waals surface area (Å²) in [6.07, 6.45) is 6.97. The molecule has 0 aromatic rings. The van der Waals surface area contributed by atoms with Crippen LogP contribution >= 0.6 is 0 Å². The van der Waals surface area contributed by atoms with Gasteiger partial charge in [0.25, 0.3) is 0 Å². The van der Waals surface area contributed by atoms with Gasteiger partial charge in [0.15, 0.2) is 0 Å². The third kappa shape index (κ3) is 4.53. The Balaban J connectivity index is 0.000000509. The summed E-state index contributed by atoms with van der Waals surface area (Å²) in [6, 6.07) is 3.15. The van der Waals surface area contributed by atoms with Crippen LogP contribution in [-0.4, -0.2) is 24.0 Å². The van der Waals surface area contributed by atoms with Crippen LogP contribution in [0.3, 0.4) is 0 Å². The maximum Gasteiger partial charge on any atom is 0.0717 e. The second kappa shape index (κ2) is 9.66. The third-order valence-electron chi connectivity index (χ3n) is 3.18. The Morgan fingerprint density at radius 2 is 1.44 bits per heavy atom. The van der Waals surface area contributed by atoms with Crippen LogP contribution in [0.25, 0.3) is 0 Å². The highest BCUT2D eigenvalue weighted by atomic mass is 15.2. The maximum absolute atomic E-state index is 8.63. The van der Waals surface area contributed by atoms with Gasteiger partial charge >= 0.3 is 0 Å². The first-order valence-electron chi connectivity index (χ1n) is 7.04. The minimum Gasteiger partial charge on any atom is -0.298 e.